The van der Waals surface area contributed by atoms with Crippen molar-refractivity contribution in [3.63, 3.8) is 0 Å². The van der Waals surface area contributed by atoms with Crippen LogP contribution < -0.4 is 0 Å². The highest BCUT2D eigenvalue weighted by Crippen LogP contribution is 2.45. The Kier molecular flexibility index (Phi) is 3.83. The van der Waals surface area contributed by atoms with Gasteiger partial charge in [-0.3, -0.25) is 0 Å². The number of hydrogen-bond donors (Lipinski definition) is 1. The van der Waals surface area contributed by atoms with E-state index in [0.717, 1.165) is 25.7 Å². The van der Waals surface area contributed by atoms with E-state index in [2.05, 4.69) is 60.7 Å². The van der Waals surface area contributed by atoms with Gasteiger partial charge in [-0.05, 0) is 58.5 Å². The number of halogens is 1. The molecule has 1 nitrogen and oxygen atoms in total. The summed E-state index contributed by atoms with van der Waals surface area (Å²) in [6.07, 6.45) is 5.27. The lowest BCUT2D eigenvalue weighted by Crippen LogP contribution is -2.48. The molecule has 0 heterocycles. The molecule has 1 N–H and O–H groups in total. The smallest absolute Gasteiger partial charge is 0.0738 e. The SMILES string of the molecule is CC1(C)CCCCC1(O)Cc1ccc(I)cc1. The Morgan fingerprint density at radius 1 is 1.12 bits per heavy atom. The van der Waals surface area contributed by atoms with Crippen molar-refractivity contribution in [1.82, 2.24) is 0 Å². The predicted molar refractivity (Wildman–Crippen MR) is 80.1 cm³/mol. The molecule has 0 amide bonds. The van der Waals surface area contributed by atoms with E-state index >= 15 is 0 Å². The molecule has 0 aromatic heterocycles. The van der Waals surface area contributed by atoms with Crippen LogP contribution in [-0.4, -0.2) is 10.7 Å². The third-order valence-corrected chi connectivity index (χ3v) is 5.03. The number of benzene rings is 1. The maximum absolute atomic E-state index is 10.9. The van der Waals surface area contributed by atoms with Crippen molar-refractivity contribution in [3.05, 3.63) is 33.4 Å². The van der Waals surface area contributed by atoms with Crippen LogP contribution in [0.15, 0.2) is 24.3 Å². The Morgan fingerprint density at radius 2 is 1.71 bits per heavy atom. The highest BCUT2D eigenvalue weighted by Gasteiger charge is 2.44. The minimum absolute atomic E-state index is 0.0360. The molecule has 0 aliphatic heterocycles. The molecule has 2 heteroatoms. The van der Waals surface area contributed by atoms with Crippen LogP contribution in [0.3, 0.4) is 0 Å². The molecule has 0 bridgehead atoms. The van der Waals surface area contributed by atoms with Crippen LogP contribution in [0.4, 0.5) is 0 Å². The van der Waals surface area contributed by atoms with Crippen LogP contribution in [0.1, 0.15) is 45.1 Å². The summed E-state index contributed by atoms with van der Waals surface area (Å²) < 4.78 is 1.25. The Labute approximate surface area is 118 Å². The van der Waals surface area contributed by atoms with Crippen molar-refractivity contribution < 1.29 is 5.11 Å². The van der Waals surface area contributed by atoms with Gasteiger partial charge in [0.15, 0.2) is 0 Å². The standard InChI is InChI=1S/C15H21IO/c1-14(2)9-3-4-10-15(14,17)11-12-5-7-13(16)8-6-12/h5-8,17H,3-4,9-11H2,1-2H3. The first kappa shape index (κ1) is 13.3. The molecule has 0 spiro atoms. The van der Waals surface area contributed by atoms with Crippen LogP contribution in [0, 0.1) is 8.99 Å². The molecule has 1 unspecified atom stereocenters. The van der Waals surface area contributed by atoms with Crippen LogP contribution in [-0.2, 0) is 6.42 Å². The summed E-state index contributed by atoms with van der Waals surface area (Å²) in [6.45, 7) is 4.41. The third-order valence-electron chi connectivity index (χ3n) is 4.31. The van der Waals surface area contributed by atoms with E-state index in [1.165, 1.54) is 15.6 Å². The van der Waals surface area contributed by atoms with Gasteiger partial charge in [0.25, 0.3) is 0 Å². The molecule has 1 aromatic carbocycles. The molecule has 1 aliphatic carbocycles. The van der Waals surface area contributed by atoms with Gasteiger partial charge >= 0.3 is 0 Å². The molecular formula is C15H21IO. The molecule has 94 valence electrons. The number of aliphatic hydroxyl groups is 1. The van der Waals surface area contributed by atoms with Gasteiger partial charge in [-0.1, -0.05) is 38.8 Å². The van der Waals surface area contributed by atoms with E-state index < -0.39 is 5.60 Å². The summed E-state index contributed by atoms with van der Waals surface area (Å²) in [6, 6.07) is 8.53. The second-order valence-corrected chi connectivity index (χ2v) is 7.17. The van der Waals surface area contributed by atoms with E-state index in [4.69, 9.17) is 0 Å². The quantitative estimate of drug-likeness (QED) is 0.799. The van der Waals surface area contributed by atoms with Crippen LogP contribution in [0.5, 0.6) is 0 Å². The summed E-state index contributed by atoms with van der Waals surface area (Å²) in [5.41, 5.74) is 0.759. The molecule has 0 saturated heterocycles. The summed E-state index contributed by atoms with van der Waals surface area (Å²) in [5, 5.41) is 10.9. The number of hydrogen-bond acceptors (Lipinski definition) is 1. The highest BCUT2D eigenvalue weighted by molar-refractivity contribution is 14.1. The molecule has 2 rings (SSSR count). The van der Waals surface area contributed by atoms with E-state index in [0.29, 0.717) is 0 Å². The minimum Gasteiger partial charge on any atom is -0.389 e. The predicted octanol–water partition coefficient (Wildman–Crippen LogP) is 4.17. The topological polar surface area (TPSA) is 20.2 Å². The molecule has 0 radical (unpaired) electrons. The fraction of sp³-hybridized carbons (Fsp3) is 0.600. The van der Waals surface area contributed by atoms with E-state index in [-0.39, 0.29) is 5.41 Å². The van der Waals surface area contributed by atoms with Crippen molar-refractivity contribution in [1.29, 1.82) is 0 Å². The van der Waals surface area contributed by atoms with Crippen molar-refractivity contribution in [3.8, 4) is 0 Å². The van der Waals surface area contributed by atoms with Gasteiger partial charge in [0.1, 0.15) is 0 Å². The molecule has 17 heavy (non-hydrogen) atoms. The summed E-state index contributed by atoms with van der Waals surface area (Å²) in [7, 11) is 0. The average molecular weight is 344 g/mol. The minimum atomic E-state index is -0.530. The zero-order valence-electron chi connectivity index (χ0n) is 10.7. The second kappa shape index (κ2) is 4.88. The Bertz CT molecular complexity index is 382. The normalized spacial score (nSPS) is 28.0. The fourth-order valence-corrected chi connectivity index (χ4v) is 3.18. The first-order valence-electron chi connectivity index (χ1n) is 6.40. The van der Waals surface area contributed by atoms with Crippen LogP contribution in [0.25, 0.3) is 0 Å². The molecule has 1 aromatic rings. The molecule has 1 fully saturated rings. The first-order valence-corrected chi connectivity index (χ1v) is 7.48. The summed E-state index contributed by atoms with van der Waals surface area (Å²) in [5.74, 6) is 0. The van der Waals surface area contributed by atoms with Gasteiger partial charge in [0, 0.05) is 9.99 Å². The zero-order chi connectivity index (χ0) is 12.5. The van der Waals surface area contributed by atoms with Gasteiger partial charge in [-0.15, -0.1) is 0 Å². The zero-order valence-corrected chi connectivity index (χ0v) is 12.8. The van der Waals surface area contributed by atoms with Gasteiger partial charge in [0.2, 0.25) is 0 Å². The van der Waals surface area contributed by atoms with Crippen molar-refractivity contribution in [2.24, 2.45) is 5.41 Å². The van der Waals surface area contributed by atoms with Crippen molar-refractivity contribution in [2.45, 2.75) is 51.6 Å². The van der Waals surface area contributed by atoms with Gasteiger partial charge in [-0.25, -0.2) is 0 Å². The summed E-state index contributed by atoms with van der Waals surface area (Å²) >= 11 is 2.32. The maximum atomic E-state index is 10.9. The summed E-state index contributed by atoms with van der Waals surface area (Å²) in [4.78, 5) is 0. The Hall–Kier alpha value is -0.0900. The number of rotatable bonds is 2. The van der Waals surface area contributed by atoms with Gasteiger partial charge < -0.3 is 5.11 Å². The van der Waals surface area contributed by atoms with E-state index in [1.54, 1.807) is 0 Å². The van der Waals surface area contributed by atoms with E-state index in [1.807, 2.05) is 0 Å². The highest BCUT2D eigenvalue weighted by atomic mass is 127. The molecule has 1 saturated carbocycles. The average Bonchev–Trinajstić information content (AvgIpc) is 2.26. The van der Waals surface area contributed by atoms with Crippen LogP contribution >= 0.6 is 22.6 Å². The van der Waals surface area contributed by atoms with Gasteiger partial charge in [-0.2, -0.15) is 0 Å². The lowest BCUT2D eigenvalue weighted by Gasteiger charge is -2.46. The molecular weight excluding hydrogens is 323 g/mol. The first-order chi connectivity index (χ1) is 7.93. The molecule has 1 atom stereocenters. The monoisotopic (exact) mass is 344 g/mol. The Morgan fingerprint density at radius 3 is 2.29 bits per heavy atom. The molecule has 1 aliphatic rings. The lowest BCUT2D eigenvalue weighted by molar-refractivity contribution is -0.0958. The Balaban J connectivity index is 2.18. The van der Waals surface area contributed by atoms with E-state index in [9.17, 15) is 5.11 Å². The van der Waals surface area contributed by atoms with Gasteiger partial charge in [0.05, 0.1) is 5.60 Å². The van der Waals surface area contributed by atoms with Crippen molar-refractivity contribution in [2.75, 3.05) is 0 Å². The second-order valence-electron chi connectivity index (χ2n) is 5.93. The lowest BCUT2D eigenvalue weighted by atomic mass is 9.63. The third kappa shape index (κ3) is 2.84. The van der Waals surface area contributed by atoms with Crippen LogP contribution in [0.2, 0.25) is 0 Å². The largest absolute Gasteiger partial charge is 0.389 e. The van der Waals surface area contributed by atoms with Crippen molar-refractivity contribution >= 4 is 22.6 Å². The fourth-order valence-electron chi connectivity index (χ4n) is 2.82. The maximum Gasteiger partial charge on any atom is 0.0738 e.